The second-order valence-corrected chi connectivity index (χ2v) is 5.35. The summed E-state index contributed by atoms with van der Waals surface area (Å²) in [4.78, 5) is 6.58. The molecule has 1 fully saturated rings. The topological polar surface area (TPSA) is 62.4 Å². The van der Waals surface area contributed by atoms with Crippen molar-refractivity contribution in [1.82, 2.24) is 4.98 Å². The Kier molecular flexibility index (Phi) is 2.74. The lowest BCUT2D eigenvalue weighted by Crippen LogP contribution is -2.51. The first kappa shape index (κ1) is 11.0. The number of piperidine rings is 1. The maximum Gasteiger partial charge on any atom is 0.0830 e. The Balaban J connectivity index is 1.96. The van der Waals surface area contributed by atoms with E-state index in [1.54, 1.807) is 11.3 Å². The second kappa shape index (κ2) is 4.25. The van der Waals surface area contributed by atoms with Crippen molar-refractivity contribution in [3.63, 3.8) is 0 Å². The zero-order valence-electron chi connectivity index (χ0n) is 9.41. The Morgan fingerprint density at radius 3 is 3.18 bits per heavy atom. The van der Waals surface area contributed by atoms with Gasteiger partial charge in [0.2, 0.25) is 0 Å². The molecule has 0 bridgehead atoms. The smallest absolute Gasteiger partial charge is 0.0830 e. The normalized spacial score (nSPS) is 25.4. The second-order valence-electron chi connectivity index (χ2n) is 4.43. The van der Waals surface area contributed by atoms with Crippen molar-refractivity contribution < 1.29 is 5.11 Å². The fourth-order valence-electron chi connectivity index (χ4n) is 2.30. The van der Waals surface area contributed by atoms with E-state index in [1.165, 1.54) is 10.4 Å². The molecule has 0 aromatic carbocycles. The van der Waals surface area contributed by atoms with Crippen LogP contribution in [0.5, 0.6) is 0 Å². The van der Waals surface area contributed by atoms with Gasteiger partial charge in [-0.15, -0.1) is 11.3 Å². The molecule has 3 N–H and O–H groups in total. The van der Waals surface area contributed by atoms with Crippen LogP contribution in [0.25, 0.3) is 10.2 Å². The van der Waals surface area contributed by atoms with Gasteiger partial charge in [0.25, 0.3) is 0 Å². The third-order valence-corrected chi connectivity index (χ3v) is 4.21. The minimum Gasteiger partial charge on any atom is -0.391 e. The minimum absolute atomic E-state index is 0.160. The van der Waals surface area contributed by atoms with E-state index in [9.17, 15) is 5.11 Å². The van der Waals surface area contributed by atoms with Crippen LogP contribution in [-0.2, 0) is 0 Å². The number of rotatable bonds is 1. The first-order chi connectivity index (χ1) is 8.25. The monoisotopic (exact) mass is 249 g/mol. The maximum atomic E-state index is 9.65. The van der Waals surface area contributed by atoms with Crippen LogP contribution in [0, 0.1) is 0 Å². The summed E-state index contributed by atoms with van der Waals surface area (Å²) in [7, 11) is 0. The van der Waals surface area contributed by atoms with E-state index in [2.05, 4.69) is 15.3 Å². The number of aliphatic hydroxyl groups excluding tert-OH is 1. The fourth-order valence-corrected chi connectivity index (χ4v) is 3.19. The van der Waals surface area contributed by atoms with Crippen molar-refractivity contribution in [3.8, 4) is 0 Å². The van der Waals surface area contributed by atoms with Crippen molar-refractivity contribution in [3.05, 3.63) is 23.7 Å². The molecule has 90 valence electrons. The number of pyridine rings is 1. The number of fused-ring (bicyclic) bond motifs is 1. The number of nitrogens with zero attached hydrogens (tertiary/aromatic N) is 2. The molecule has 2 aromatic heterocycles. The summed E-state index contributed by atoms with van der Waals surface area (Å²) < 4.78 is 1.20. The Hall–Kier alpha value is -1.17. The van der Waals surface area contributed by atoms with Crippen molar-refractivity contribution >= 4 is 27.2 Å². The van der Waals surface area contributed by atoms with Gasteiger partial charge in [-0.25, -0.2) is 0 Å². The van der Waals surface area contributed by atoms with Gasteiger partial charge in [-0.2, -0.15) is 0 Å². The highest BCUT2D eigenvalue weighted by Crippen LogP contribution is 2.31. The molecule has 1 aliphatic rings. The molecule has 0 radical (unpaired) electrons. The predicted molar refractivity (Wildman–Crippen MR) is 70.4 cm³/mol. The van der Waals surface area contributed by atoms with Gasteiger partial charge in [-0.1, -0.05) is 0 Å². The Morgan fingerprint density at radius 2 is 2.35 bits per heavy atom. The third-order valence-electron chi connectivity index (χ3n) is 3.28. The van der Waals surface area contributed by atoms with E-state index < -0.39 is 0 Å². The number of aromatic nitrogens is 1. The van der Waals surface area contributed by atoms with Gasteiger partial charge in [0, 0.05) is 25.3 Å². The van der Waals surface area contributed by atoms with Crippen LogP contribution in [0.15, 0.2) is 23.7 Å². The Bertz CT molecular complexity index is 527. The van der Waals surface area contributed by atoms with E-state index in [0.29, 0.717) is 6.54 Å². The van der Waals surface area contributed by atoms with E-state index in [4.69, 9.17) is 5.73 Å². The zero-order chi connectivity index (χ0) is 11.8. The molecule has 0 aliphatic carbocycles. The summed E-state index contributed by atoms with van der Waals surface area (Å²) in [6.07, 6.45) is 2.20. The predicted octanol–water partition coefficient (Wildman–Crippen LogP) is 1.19. The number of thiophene rings is 1. The quantitative estimate of drug-likeness (QED) is 0.797. The third kappa shape index (κ3) is 1.90. The molecule has 0 amide bonds. The van der Waals surface area contributed by atoms with Gasteiger partial charge in [0.15, 0.2) is 0 Å². The van der Waals surface area contributed by atoms with Crippen LogP contribution in [0.3, 0.4) is 0 Å². The van der Waals surface area contributed by atoms with Crippen LogP contribution in [-0.4, -0.2) is 35.3 Å². The highest BCUT2D eigenvalue weighted by molar-refractivity contribution is 7.17. The van der Waals surface area contributed by atoms with E-state index in [-0.39, 0.29) is 12.1 Å². The molecule has 0 spiro atoms. The molecular weight excluding hydrogens is 234 g/mol. The summed E-state index contributed by atoms with van der Waals surface area (Å²) in [5.41, 5.74) is 8.14. The van der Waals surface area contributed by atoms with Crippen molar-refractivity contribution in [2.24, 2.45) is 5.73 Å². The standard InChI is InChI=1S/C12H15N3OS/c13-8-7-15(5-2-11(8)16)10-1-4-14-9-3-6-17-12(9)10/h1,3-4,6,8,11,16H,2,5,7,13H2/t8-,11+/m1/s1. The minimum atomic E-state index is -0.369. The van der Waals surface area contributed by atoms with Gasteiger partial charge in [-0.05, 0) is 23.9 Å². The van der Waals surface area contributed by atoms with Gasteiger partial charge in [0.1, 0.15) is 0 Å². The van der Waals surface area contributed by atoms with Gasteiger partial charge < -0.3 is 15.7 Å². The number of anilines is 1. The number of hydrogen-bond donors (Lipinski definition) is 2. The largest absolute Gasteiger partial charge is 0.391 e. The zero-order valence-corrected chi connectivity index (χ0v) is 10.2. The lowest BCUT2D eigenvalue weighted by Gasteiger charge is -2.35. The molecule has 1 aliphatic heterocycles. The average molecular weight is 249 g/mol. The highest BCUT2D eigenvalue weighted by Gasteiger charge is 2.25. The first-order valence-electron chi connectivity index (χ1n) is 5.76. The average Bonchev–Trinajstić information content (AvgIpc) is 2.80. The summed E-state index contributed by atoms with van der Waals surface area (Å²) in [5, 5.41) is 11.7. The molecule has 5 heteroatoms. The van der Waals surface area contributed by atoms with E-state index >= 15 is 0 Å². The summed E-state index contributed by atoms with van der Waals surface area (Å²) >= 11 is 1.70. The molecule has 17 heavy (non-hydrogen) atoms. The summed E-state index contributed by atoms with van der Waals surface area (Å²) in [5.74, 6) is 0. The lowest BCUT2D eigenvalue weighted by molar-refractivity contribution is 0.125. The van der Waals surface area contributed by atoms with E-state index in [0.717, 1.165) is 18.5 Å². The SMILES string of the molecule is N[C@@H]1CN(c2ccnc3ccsc23)CC[C@@H]1O. The Morgan fingerprint density at radius 1 is 1.47 bits per heavy atom. The molecule has 4 nitrogen and oxygen atoms in total. The van der Waals surface area contributed by atoms with Crippen molar-refractivity contribution in [1.29, 1.82) is 0 Å². The first-order valence-corrected chi connectivity index (χ1v) is 6.64. The molecule has 3 rings (SSSR count). The molecule has 2 aromatic rings. The highest BCUT2D eigenvalue weighted by atomic mass is 32.1. The van der Waals surface area contributed by atoms with Gasteiger partial charge >= 0.3 is 0 Å². The van der Waals surface area contributed by atoms with Crippen LogP contribution >= 0.6 is 11.3 Å². The molecule has 2 atom stereocenters. The number of hydrogen-bond acceptors (Lipinski definition) is 5. The fraction of sp³-hybridized carbons (Fsp3) is 0.417. The lowest BCUT2D eigenvalue weighted by atomic mass is 10.0. The summed E-state index contributed by atoms with van der Waals surface area (Å²) in [6.45, 7) is 1.56. The number of aliphatic hydroxyl groups is 1. The Labute approximate surface area is 104 Å². The molecule has 1 saturated heterocycles. The van der Waals surface area contributed by atoms with Crippen LogP contribution in [0.1, 0.15) is 6.42 Å². The molecule has 0 unspecified atom stereocenters. The van der Waals surface area contributed by atoms with Gasteiger partial charge in [0.05, 0.1) is 22.0 Å². The van der Waals surface area contributed by atoms with Gasteiger partial charge in [-0.3, -0.25) is 4.98 Å². The van der Waals surface area contributed by atoms with Crippen molar-refractivity contribution in [2.45, 2.75) is 18.6 Å². The van der Waals surface area contributed by atoms with Crippen LogP contribution < -0.4 is 10.6 Å². The van der Waals surface area contributed by atoms with Crippen LogP contribution in [0.2, 0.25) is 0 Å². The van der Waals surface area contributed by atoms with E-state index in [1.807, 2.05) is 18.3 Å². The van der Waals surface area contributed by atoms with Crippen molar-refractivity contribution in [2.75, 3.05) is 18.0 Å². The molecule has 0 saturated carbocycles. The molecule has 3 heterocycles. The molecular formula is C12H15N3OS. The van der Waals surface area contributed by atoms with Crippen LogP contribution in [0.4, 0.5) is 5.69 Å². The summed E-state index contributed by atoms with van der Waals surface area (Å²) in [6, 6.07) is 3.90. The number of nitrogens with two attached hydrogens (primary N) is 1. The maximum absolute atomic E-state index is 9.65.